The molecule has 1 aliphatic rings. The number of aliphatic imine (C=N–C) groups is 1. The Labute approximate surface area is 178 Å². The van der Waals surface area contributed by atoms with E-state index >= 15 is 0 Å². The third-order valence-electron chi connectivity index (χ3n) is 4.81. The van der Waals surface area contributed by atoms with Crippen molar-refractivity contribution in [3.8, 4) is 11.5 Å². The maximum absolute atomic E-state index is 12.9. The van der Waals surface area contributed by atoms with Crippen LogP contribution in [0, 0.1) is 0 Å². The minimum atomic E-state index is -4.57. The highest BCUT2D eigenvalue weighted by molar-refractivity contribution is 6.31. The molecule has 1 fully saturated rings. The third kappa shape index (κ3) is 5.27. The van der Waals surface area contributed by atoms with Crippen LogP contribution in [0.2, 0.25) is 5.02 Å². The molecular weight excluding hydrogens is 417 g/mol. The van der Waals surface area contributed by atoms with Crippen molar-refractivity contribution in [2.24, 2.45) is 4.99 Å². The number of nitrogen functional groups attached to an aromatic ring is 1. The molecule has 2 aromatic rings. The van der Waals surface area contributed by atoms with Gasteiger partial charge in [-0.25, -0.2) is 0 Å². The van der Waals surface area contributed by atoms with E-state index in [4.69, 9.17) is 26.8 Å². The summed E-state index contributed by atoms with van der Waals surface area (Å²) in [6.45, 7) is 0. The van der Waals surface area contributed by atoms with Crippen LogP contribution in [0.25, 0.3) is 6.08 Å². The Morgan fingerprint density at radius 2 is 1.93 bits per heavy atom. The van der Waals surface area contributed by atoms with Gasteiger partial charge in [-0.05, 0) is 56.0 Å². The molecule has 0 atom stereocenters. The standard InChI is InChI=1S/C22H22ClF3N2O2/c1-29-20-10-4-6-14(21(20)30-15-8-2-3-9-15)7-5-11-28-19-13-17(23)16(12-18(19)27)22(24,25)26/h4-7,10-13,15H,2-3,8-9,27H2,1H3/b7-5+,28-11?. The number of allylic oxidation sites excluding steroid dienone is 1. The van der Waals surface area contributed by atoms with Crippen molar-refractivity contribution in [2.75, 3.05) is 12.8 Å². The predicted molar refractivity (Wildman–Crippen MR) is 114 cm³/mol. The van der Waals surface area contributed by atoms with Gasteiger partial charge in [0, 0.05) is 11.8 Å². The maximum Gasteiger partial charge on any atom is 0.417 e. The first-order valence-electron chi connectivity index (χ1n) is 9.50. The second kappa shape index (κ2) is 9.43. The van der Waals surface area contributed by atoms with Crippen molar-refractivity contribution in [3.05, 3.63) is 52.6 Å². The Morgan fingerprint density at radius 3 is 2.60 bits per heavy atom. The van der Waals surface area contributed by atoms with Gasteiger partial charge < -0.3 is 15.2 Å². The van der Waals surface area contributed by atoms with Crippen molar-refractivity contribution in [3.63, 3.8) is 0 Å². The topological polar surface area (TPSA) is 56.8 Å². The first-order chi connectivity index (χ1) is 14.3. The number of anilines is 1. The number of para-hydroxylation sites is 1. The van der Waals surface area contributed by atoms with Gasteiger partial charge in [-0.15, -0.1) is 0 Å². The number of nitrogens with two attached hydrogens (primary N) is 1. The minimum Gasteiger partial charge on any atom is -0.493 e. The Kier molecular flexibility index (Phi) is 6.92. The first-order valence-corrected chi connectivity index (χ1v) is 9.88. The van der Waals surface area contributed by atoms with Gasteiger partial charge in [0.05, 0.1) is 35.2 Å². The van der Waals surface area contributed by atoms with Crippen LogP contribution in [0.3, 0.4) is 0 Å². The number of hydrogen-bond acceptors (Lipinski definition) is 4. The molecular formula is C22H22ClF3N2O2. The van der Waals surface area contributed by atoms with E-state index in [1.165, 1.54) is 6.21 Å². The van der Waals surface area contributed by atoms with Crippen LogP contribution in [0.15, 0.2) is 41.4 Å². The average Bonchev–Trinajstić information content (AvgIpc) is 3.20. The molecule has 0 bridgehead atoms. The molecule has 0 heterocycles. The van der Waals surface area contributed by atoms with Gasteiger partial charge in [-0.1, -0.05) is 23.7 Å². The molecule has 0 unspecified atom stereocenters. The number of methoxy groups -OCH3 is 1. The molecule has 2 aromatic carbocycles. The Morgan fingerprint density at radius 1 is 1.20 bits per heavy atom. The molecule has 30 heavy (non-hydrogen) atoms. The summed E-state index contributed by atoms with van der Waals surface area (Å²) in [5.74, 6) is 1.30. The van der Waals surface area contributed by atoms with E-state index in [0.29, 0.717) is 11.5 Å². The molecule has 0 saturated heterocycles. The van der Waals surface area contributed by atoms with E-state index in [9.17, 15) is 13.2 Å². The first kappa shape index (κ1) is 22.0. The van der Waals surface area contributed by atoms with E-state index in [1.54, 1.807) is 19.3 Å². The average molecular weight is 439 g/mol. The fourth-order valence-corrected chi connectivity index (χ4v) is 3.57. The molecule has 0 amide bonds. The second-order valence-electron chi connectivity index (χ2n) is 6.93. The summed E-state index contributed by atoms with van der Waals surface area (Å²) in [6, 6.07) is 7.46. The number of alkyl halides is 3. The van der Waals surface area contributed by atoms with Gasteiger partial charge in [-0.3, -0.25) is 4.99 Å². The van der Waals surface area contributed by atoms with Crippen molar-refractivity contribution < 1.29 is 22.6 Å². The number of halogens is 4. The van der Waals surface area contributed by atoms with E-state index < -0.39 is 16.8 Å². The zero-order chi connectivity index (χ0) is 21.7. The van der Waals surface area contributed by atoms with Crippen LogP contribution < -0.4 is 15.2 Å². The highest BCUT2D eigenvalue weighted by atomic mass is 35.5. The van der Waals surface area contributed by atoms with E-state index in [2.05, 4.69) is 4.99 Å². The summed E-state index contributed by atoms with van der Waals surface area (Å²) in [5, 5.41) is -0.451. The van der Waals surface area contributed by atoms with Crippen molar-refractivity contribution in [1.82, 2.24) is 0 Å². The van der Waals surface area contributed by atoms with Crippen LogP contribution in [0.4, 0.5) is 24.5 Å². The lowest BCUT2D eigenvalue weighted by molar-refractivity contribution is -0.137. The van der Waals surface area contributed by atoms with Gasteiger partial charge in [0.2, 0.25) is 0 Å². The smallest absolute Gasteiger partial charge is 0.417 e. The van der Waals surface area contributed by atoms with Crippen molar-refractivity contribution >= 4 is 35.3 Å². The monoisotopic (exact) mass is 438 g/mol. The number of ether oxygens (including phenoxy) is 2. The lowest BCUT2D eigenvalue weighted by Crippen LogP contribution is -2.12. The summed E-state index contributed by atoms with van der Waals surface area (Å²) in [6.07, 6.45) is 4.79. The molecule has 0 radical (unpaired) electrons. The quantitative estimate of drug-likeness (QED) is 0.404. The van der Waals surface area contributed by atoms with Gasteiger partial charge in [0.25, 0.3) is 0 Å². The second-order valence-corrected chi connectivity index (χ2v) is 7.34. The lowest BCUT2D eigenvalue weighted by atomic mass is 10.1. The van der Waals surface area contributed by atoms with Crippen LogP contribution in [-0.2, 0) is 6.18 Å². The number of nitrogens with zero attached hydrogens (tertiary/aromatic N) is 1. The Bertz CT molecular complexity index is 952. The summed E-state index contributed by atoms with van der Waals surface area (Å²) >= 11 is 5.73. The Hall–Kier alpha value is -2.67. The molecule has 3 rings (SSSR count). The predicted octanol–water partition coefficient (Wildman–Crippen LogP) is 6.69. The summed E-state index contributed by atoms with van der Waals surface area (Å²) in [4.78, 5) is 4.12. The van der Waals surface area contributed by atoms with Gasteiger partial charge in [0.15, 0.2) is 11.5 Å². The van der Waals surface area contributed by atoms with Crippen LogP contribution >= 0.6 is 11.6 Å². The number of benzene rings is 2. The van der Waals surface area contributed by atoms with E-state index in [-0.39, 0.29) is 17.5 Å². The van der Waals surface area contributed by atoms with Gasteiger partial charge >= 0.3 is 6.18 Å². The fraction of sp³-hybridized carbons (Fsp3) is 0.318. The minimum absolute atomic E-state index is 0.108. The molecule has 1 saturated carbocycles. The van der Waals surface area contributed by atoms with Crippen molar-refractivity contribution in [2.45, 2.75) is 38.0 Å². The molecule has 4 nitrogen and oxygen atoms in total. The summed E-state index contributed by atoms with van der Waals surface area (Å²) < 4.78 is 50.2. The lowest BCUT2D eigenvalue weighted by Gasteiger charge is -2.17. The van der Waals surface area contributed by atoms with Crippen LogP contribution in [0.5, 0.6) is 11.5 Å². The SMILES string of the molecule is COc1cccc(/C=C/C=Nc2cc(Cl)c(C(F)(F)F)cc2N)c1OC1CCCC1. The van der Waals surface area contributed by atoms with E-state index in [0.717, 1.165) is 43.4 Å². The molecule has 0 spiro atoms. The number of rotatable bonds is 6. The zero-order valence-electron chi connectivity index (χ0n) is 16.4. The highest BCUT2D eigenvalue weighted by Crippen LogP contribution is 2.39. The molecule has 0 aliphatic heterocycles. The Balaban J connectivity index is 1.80. The zero-order valence-corrected chi connectivity index (χ0v) is 17.1. The normalized spacial score (nSPS) is 15.4. The molecule has 1 aliphatic carbocycles. The number of hydrogen-bond donors (Lipinski definition) is 1. The van der Waals surface area contributed by atoms with Crippen LogP contribution in [0.1, 0.15) is 36.8 Å². The van der Waals surface area contributed by atoms with Gasteiger partial charge in [0.1, 0.15) is 0 Å². The molecule has 8 heteroatoms. The fourth-order valence-electron chi connectivity index (χ4n) is 3.30. The maximum atomic E-state index is 12.9. The summed E-state index contributed by atoms with van der Waals surface area (Å²) in [7, 11) is 1.59. The van der Waals surface area contributed by atoms with Crippen molar-refractivity contribution in [1.29, 1.82) is 0 Å². The molecule has 160 valence electrons. The largest absolute Gasteiger partial charge is 0.493 e. The van der Waals surface area contributed by atoms with Gasteiger partial charge in [-0.2, -0.15) is 13.2 Å². The van der Waals surface area contributed by atoms with E-state index in [1.807, 2.05) is 18.2 Å². The molecule has 2 N–H and O–H groups in total. The third-order valence-corrected chi connectivity index (χ3v) is 5.13. The summed E-state index contributed by atoms with van der Waals surface area (Å²) in [5.41, 5.74) is 5.58. The molecule has 0 aromatic heterocycles. The highest BCUT2D eigenvalue weighted by Gasteiger charge is 2.33. The van der Waals surface area contributed by atoms with Crippen LogP contribution in [-0.4, -0.2) is 19.4 Å².